The standard InChI is InChI=1S/C28H29F3N2O3/c1-33(22-11-5-19(6-12-22)18-3-7-20(8-4-18)28(29,30)31)23-13-9-21(10-14-23)32-26-16-15-24(36-2)17-25(26)27(34)35/h5-6,9-18,20,32H,3-4,7-8H2,1-2H3,(H,34,35). The van der Waals surface area contributed by atoms with E-state index in [0.717, 1.165) is 22.6 Å². The van der Waals surface area contributed by atoms with Crippen LogP contribution < -0.4 is 15.0 Å². The Hall–Kier alpha value is -3.68. The van der Waals surface area contributed by atoms with E-state index in [1.807, 2.05) is 60.5 Å². The van der Waals surface area contributed by atoms with Crippen molar-refractivity contribution in [3.8, 4) is 5.75 Å². The Bertz CT molecular complexity index is 1190. The monoisotopic (exact) mass is 498 g/mol. The SMILES string of the molecule is COc1ccc(Nc2ccc(N(C)c3ccc(C4CCC(C(F)(F)F)CC4)cc3)cc2)c(C(=O)O)c1. The van der Waals surface area contributed by atoms with Crippen LogP contribution in [0.3, 0.4) is 0 Å². The van der Waals surface area contributed by atoms with Gasteiger partial charge in [-0.3, -0.25) is 0 Å². The summed E-state index contributed by atoms with van der Waals surface area (Å²) >= 11 is 0. The largest absolute Gasteiger partial charge is 0.497 e. The Balaban J connectivity index is 1.41. The number of benzene rings is 3. The van der Waals surface area contributed by atoms with Gasteiger partial charge in [0.1, 0.15) is 5.75 Å². The van der Waals surface area contributed by atoms with Crippen molar-refractivity contribution in [3.63, 3.8) is 0 Å². The van der Waals surface area contributed by atoms with Crippen molar-refractivity contribution in [3.05, 3.63) is 77.9 Å². The van der Waals surface area contributed by atoms with E-state index >= 15 is 0 Å². The molecule has 36 heavy (non-hydrogen) atoms. The van der Waals surface area contributed by atoms with Crippen LogP contribution in [0.4, 0.5) is 35.9 Å². The zero-order valence-corrected chi connectivity index (χ0v) is 20.2. The number of nitrogens with one attached hydrogen (secondary N) is 1. The van der Waals surface area contributed by atoms with Crippen LogP contribution in [-0.4, -0.2) is 31.4 Å². The normalized spacial score (nSPS) is 17.9. The molecule has 0 heterocycles. The molecule has 0 unspecified atom stereocenters. The van der Waals surface area contributed by atoms with Gasteiger partial charge in [-0.2, -0.15) is 13.2 Å². The quantitative estimate of drug-likeness (QED) is 0.349. The average Bonchev–Trinajstić information content (AvgIpc) is 2.88. The Morgan fingerprint density at radius 3 is 2.06 bits per heavy atom. The number of methoxy groups -OCH3 is 1. The highest BCUT2D eigenvalue weighted by Crippen LogP contribution is 2.43. The zero-order valence-electron chi connectivity index (χ0n) is 20.2. The molecule has 0 spiro atoms. The molecule has 2 N–H and O–H groups in total. The molecular formula is C28H29F3N2O3. The minimum absolute atomic E-state index is 0.113. The van der Waals surface area contributed by atoms with Crippen molar-refractivity contribution in [2.75, 3.05) is 24.4 Å². The highest BCUT2D eigenvalue weighted by atomic mass is 19.4. The minimum atomic E-state index is -4.09. The lowest BCUT2D eigenvalue weighted by atomic mass is 9.78. The summed E-state index contributed by atoms with van der Waals surface area (Å²) in [7, 11) is 3.43. The minimum Gasteiger partial charge on any atom is -0.497 e. The van der Waals surface area contributed by atoms with Crippen molar-refractivity contribution >= 4 is 28.7 Å². The summed E-state index contributed by atoms with van der Waals surface area (Å²) in [6.45, 7) is 0. The first-order chi connectivity index (χ1) is 17.2. The van der Waals surface area contributed by atoms with Gasteiger partial charge in [0.05, 0.1) is 24.3 Å². The van der Waals surface area contributed by atoms with Gasteiger partial charge in [0.15, 0.2) is 0 Å². The number of ether oxygens (including phenoxy) is 1. The third-order valence-electron chi connectivity index (χ3n) is 6.93. The van der Waals surface area contributed by atoms with Crippen LogP contribution in [0.2, 0.25) is 0 Å². The van der Waals surface area contributed by atoms with Gasteiger partial charge in [-0.05, 0) is 91.8 Å². The second kappa shape index (κ2) is 10.5. The predicted molar refractivity (Wildman–Crippen MR) is 135 cm³/mol. The van der Waals surface area contributed by atoms with E-state index in [0.29, 0.717) is 24.3 Å². The van der Waals surface area contributed by atoms with Gasteiger partial charge in [-0.1, -0.05) is 12.1 Å². The number of aromatic carboxylic acids is 1. The van der Waals surface area contributed by atoms with Crippen LogP contribution in [0.5, 0.6) is 5.75 Å². The second-order valence-electron chi connectivity index (χ2n) is 9.13. The van der Waals surface area contributed by atoms with Crippen LogP contribution in [0.1, 0.15) is 47.5 Å². The van der Waals surface area contributed by atoms with Crippen LogP contribution in [-0.2, 0) is 0 Å². The maximum absolute atomic E-state index is 12.9. The van der Waals surface area contributed by atoms with Gasteiger partial charge in [0, 0.05) is 24.1 Å². The van der Waals surface area contributed by atoms with Crippen LogP contribution in [0.15, 0.2) is 66.7 Å². The van der Waals surface area contributed by atoms with E-state index in [9.17, 15) is 23.1 Å². The molecule has 1 aliphatic carbocycles. The fourth-order valence-corrected chi connectivity index (χ4v) is 4.73. The molecule has 1 fully saturated rings. The molecule has 4 rings (SSSR count). The topological polar surface area (TPSA) is 61.8 Å². The average molecular weight is 499 g/mol. The Morgan fingerprint density at radius 2 is 1.53 bits per heavy atom. The van der Waals surface area contributed by atoms with E-state index in [2.05, 4.69) is 5.32 Å². The Kier molecular flexibility index (Phi) is 7.43. The zero-order chi connectivity index (χ0) is 25.9. The fourth-order valence-electron chi connectivity index (χ4n) is 4.73. The first kappa shape index (κ1) is 25.4. The number of halogens is 3. The molecule has 0 radical (unpaired) electrons. The number of hydrogen-bond acceptors (Lipinski definition) is 4. The number of hydrogen-bond donors (Lipinski definition) is 2. The molecule has 0 aromatic heterocycles. The molecule has 0 amide bonds. The molecule has 1 aliphatic rings. The maximum Gasteiger partial charge on any atom is 0.391 e. The molecule has 5 nitrogen and oxygen atoms in total. The summed E-state index contributed by atoms with van der Waals surface area (Å²) in [4.78, 5) is 13.6. The number of anilines is 4. The number of carbonyl (C=O) groups is 1. The van der Waals surface area contributed by atoms with Crippen LogP contribution in [0, 0.1) is 5.92 Å². The van der Waals surface area contributed by atoms with E-state index in [4.69, 9.17) is 4.74 Å². The highest BCUT2D eigenvalue weighted by molar-refractivity contribution is 5.95. The van der Waals surface area contributed by atoms with E-state index < -0.39 is 18.1 Å². The lowest BCUT2D eigenvalue weighted by molar-refractivity contribution is -0.182. The number of carboxylic acids is 1. The van der Waals surface area contributed by atoms with Crippen molar-refractivity contribution in [2.24, 2.45) is 5.92 Å². The van der Waals surface area contributed by atoms with Crippen molar-refractivity contribution in [2.45, 2.75) is 37.8 Å². The Morgan fingerprint density at radius 1 is 0.944 bits per heavy atom. The molecule has 0 aliphatic heterocycles. The van der Waals surface area contributed by atoms with Crippen LogP contribution >= 0.6 is 0 Å². The third kappa shape index (κ3) is 5.75. The smallest absolute Gasteiger partial charge is 0.391 e. The molecule has 0 saturated heterocycles. The van der Waals surface area contributed by atoms with Crippen molar-refractivity contribution in [1.82, 2.24) is 0 Å². The summed E-state index contributed by atoms with van der Waals surface area (Å²) in [6, 6.07) is 20.4. The Labute approximate surface area is 208 Å². The van der Waals surface area contributed by atoms with Gasteiger partial charge in [0.2, 0.25) is 0 Å². The molecule has 3 aromatic carbocycles. The van der Waals surface area contributed by atoms with Gasteiger partial charge >= 0.3 is 12.1 Å². The van der Waals surface area contributed by atoms with Gasteiger partial charge in [0.25, 0.3) is 0 Å². The second-order valence-corrected chi connectivity index (χ2v) is 9.13. The summed E-state index contributed by atoms with van der Waals surface area (Å²) < 4.78 is 44.0. The summed E-state index contributed by atoms with van der Waals surface area (Å²) in [5.41, 5.74) is 4.30. The van der Waals surface area contributed by atoms with Gasteiger partial charge < -0.3 is 20.1 Å². The lowest BCUT2D eigenvalue weighted by Crippen LogP contribution is -2.27. The fraction of sp³-hybridized carbons (Fsp3) is 0.321. The number of carboxylic acid groups (broad SMARTS) is 1. The third-order valence-corrected chi connectivity index (χ3v) is 6.93. The summed E-state index contributed by atoms with van der Waals surface area (Å²) in [5, 5.41) is 12.6. The number of rotatable bonds is 7. The van der Waals surface area contributed by atoms with Crippen molar-refractivity contribution < 1.29 is 27.8 Å². The van der Waals surface area contributed by atoms with Gasteiger partial charge in [-0.25, -0.2) is 4.79 Å². The highest BCUT2D eigenvalue weighted by Gasteiger charge is 2.41. The lowest BCUT2D eigenvalue weighted by Gasteiger charge is -2.30. The molecule has 3 aromatic rings. The first-order valence-electron chi connectivity index (χ1n) is 11.8. The van der Waals surface area contributed by atoms with E-state index in [1.165, 1.54) is 13.2 Å². The predicted octanol–water partition coefficient (Wildman–Crippen LogP) is 7.74. The van der Waals surface area contributed by atoms with Gasteiger partial charge in [-0.15, -0.1) is 0 Å². The number of nitrogens with zero attached hydrogens (tertiary/aromatic N) is 1. The molecule has 0 bridgehead atoms. The summed E-state index contributed by atoms with van der Waals surface area (Å²) in [6.07, 6.45) is -2.57. The maximum atomic E-state index is 12.9. The molecule has 190 valence electrons. The van der Waals surface area contributed by atoms with Crippen LogP contribution in [0.25, 0.3) is 0 Å². The molecule has 8 heteroatoms. The van der Waals surface area contributed by atoms with Crippen molar-refractivity contribution in [1.29, 1.82) is 0 Å². The molecule has 1 saturated carbocycles. The van der Waals surface area contributed by atoms with E-state index in [-0.39, 0.29) is 24.3 Å². The number of alkyl halides is 3. The first-order valence-corrected chi connectivity index (χ1v) is 11.8. The van der Waals surface area contributed by atoms with E-state index in [1.54, 1.807) is 12.1 Å². The molecule has 0 atom stereocenters. The summed E-state index contributed by atoms with van der Waals surface area (Å²) in [5.74, 6) is -1.58. The molecular weight excluding hydrogens is 469 g/mol.